The Morgan fingerprint density at radius 2 is 1.28 bits per heavy atom. The minimum atomic E-state index is 0.771. The summed E-state index contributed by atoms with van der Waals surface area (Å²) in [6.07, 6.45) is 9.44. The van der Waals surface area contributed by atoms with Crippen molar-refractivity contribution in [3.8, 4) is 17.6 Å². The molecule has 0 saturated carbocycles. The first-order valence-corrected chi connectivity index (χ1v) is 7.75. The van der Waals surface area contributed by atoms with Gasteiger partial charge in [0.1, 0.15) is 0 Å². The van der Waals surface area contributed by atoms with Crippen molar-refractivity contribution in [3.05, 3.63) is 85.5 Å². The maximum absolute atomic E-state index is 9.71. The summed E-state index contributed by atoms with van der Waals surface area (Å²) >= 11 is 0. The van der Waals surface area contributed by atoms with Gasteiger partial charge in [-0.3, -0.25) is 0 Å². The molecule has 4 aromatic rings. The van der Waals surface area contributed by atoms with Crippen molar-refractivity contribution in [2.24, 2.45) is 0 Å². The van der Waals surface area contributed by atoms with E-state index in [0.29, 0.717) is 0 Å². The Kier molecular flexibility index (Phi) is 3.73. The first-order valence-electron chi connectivity index (χ1n) is 7.75. The van der Waals surface area contributed by atoms with Gasteiger partial charge in [0, 0.05) is 24.8 Å². The summed E-state index contributed by atoms with van der Waals surface area (Å²) in [7, 11) is 0. The first kappa shape index (κ1) is 14.7. The molecule has 0 amide bonds. The van der Waals surface area contributed by atoms with Crippen LogP contribution in [-0.2, 0) is 0 Å². The normalized spacial score (nSPS) is 10.4. The van der Waals surface area contributed by atoms with Crippen molar-refractivity contribution in [2.45, 2.75) is 0 Å². The molecule has 0 aliphatic heterocycles. The molecule has 6 nitrogen and oxygen atoms in total. The van der Waals surface area contributed by atoms with Crippen molar-refractivity contribution in [3.63, 3.8) is 0 Å². The second-order valence-corrected chi connectivity index (χ2v) is 5.38. The highest BCUT2D eigenvalue weighted by atomic mass is 15.3. The molecule has 0 radical (unpaired) electrons. The lowest BCUT2D eigenvalue weighted by Gasteiger charge is -2.17. The fourth-order valence-electron chi connectivity index (χ4n) is 2.66. The monoisotopic (exact) mass is 326 g/mol. The predicted octanol–water partition coefficient (Wildman–Crippen LogP) is 3.68. The van der Waals surface area contributed by atoms with E-state index in [1.54, 1.807) is 26.7 Å². The molecular formula is C19H14N6. The molecule has 0 saturated heterocycles. The quantitative estimate of drug-likeness (QED) is 0.424. The summed E-state index contributed by atoms with van der Waals surface area (Å²) in [5, 5.41) is 18.2. The fourth-order valence-corrected chi connectivity index (χ4v) is 2.66. The molecule has 2 aromatic heterocycles. The molecule has 0 spiro atoms. The highest BCUT2D eigenvalue weighted by molar-refractivity contribution is 5.70. The predicted molar refractivity (Wildman–Crippen MR) is 94.9 cm³/mol. The molecule has 0 atom stereocenters. The second kappa shape index (κ2) is 6.34. The van der Waals surface area contributed by atoms with Gasteiger partial charge in [0.25, 0.3) is 0 Å². The first-order chi connectivity index (χ1) is 12.3. The third-order valence-corrected chi connectivity index (χ3v) is 3.81. The molecule has 0 bridgehead atoms. The van der Waals surface area contributed by atoms with Gasteiger partial charge >= 0.3 is 0 Å². The highest BCUT2D eigenvalue weighted by Crippen LogP contribution is 2.27. The average molecular weight is 326 g/mol. The molecule has 2 aromatic carbocycles. The van der Waals surface area contributed by atoms with Crippen LogP contribution in [0.2, 0.25) is 0 Å². The van der Waals surface area contributed by atoms with Crippen molar-refractivity contribution < 1.29 is 0 Å². The molecule has 0 N–H and O–H groups in total. The third kappa shape index (κ3) is 2.86. The molecule has 25 heavy (non-hydrogen) atoms. The van der Waals surface area contributed by atoms with E-state index in [-0.39, 0.29) is 0 Å². The van der Waals surface area contributed by atoms with Crippen molar-refractivity contribution in [1.29, 1.82) is 5.26 Å². The van der Waals surface area contributed by atoms with Gasteiger partial charge in [0.05, 0.1) is 22.7 Å². The summed E-state index contributed by atoms with van der Waals surface area (Å²) in [5.74, 6) is 0. The van der Waals surface area contributed by atoms with Gasteiger partial charge in [-0.2, -0.15) is 15.5 Å². The maximum atomic E-state index is 9.71. The Hall–Kier alpha value is -3.85. The molecule has 120 valence electrons. The summed E-state index contributed by atoms with van der Waals surface area (Å²) in [4.78, 5) is 1.58. The Morgan fingerprint density at radius 3 is 1.68 bits per heavy atom. The summed E-state index contributed by atoms with van der Waals surface area (Å²) in [6, 6.07) is 19.1. The van der Waals surface area contributed by atoms with Gasteiger partial charge in [-0.25, -0.2) is 14.3 Å². The van der Waals surface area contributed by atoms with Crippen LogP contribution in [0, 0.1) is 11.5 Å². The Balaban J connectivity index is 1.73. The van der Waals surface area contributed by atoms with Crippen LogP contribution in [0.25, 0.3) is 11.4 Å². The largest absolute Gasteiger partial charge is 0.248 e. The molecular weight excluding hydrogens is 312 g/mol. The van der Waals surface area contributed by atoms with Crippen LogP contribution in [0.5, 0.6) is 0 Å². The van der Waals surface area contributed by atoms with Crippen LogP contribution >= 0.6 is 0 Å². The van der Waals surface area contributed by atoms with E-state index in [1.807, 2.05) is 73.1 Å². The van der Waals surface area contributed by atoms with Gasteiger partial charge in [-0.1, -0.05) is 12.1 Å². The van der Waals surface area contributed by atoms with Gasteiger partial charge in [0.15, 0.2) is 6.19 Å². The lowest BCUT2D eigenvalue weighted by Crippen LogP contribution is -2.10. The number of hydrogen-bond donors (Lipinski definition) is 0. The summed E-state index contributed by atoms with van der Waals surface area (Å²) in [5.41, 5.74) is 3.33. The van der Waals surface area contributed by atoms with Crippen LogP contribution in [0.3, 0.4) is 0 Å². The van der Waals surface area contributed by atoms with Gasteiger partial charge in [0.2, 0.25) is 0 Å². The van der Waals surface area contributed by atoms with Gasteiger partial charge in [-0.05, 0) is 48.5 Å². The van der Waals surface area contributed by atoms with Crippen LogP contribution < -0.4 is 4.90 Å². The number of nitriles is 1. The van der Waals surface area contributed by atoms with Crippen LogP contribution in [0.15, 0.2) is 85.5 Å². The zero-order chi connectivity index (χ0) is 17.1. The highest BCUT2D eigenvalue weighted by Gasteiger charge is 2.11. The Bertz CT molecular complexity index is 935. The van der Waals surface area contributed by atoms with Gasteiger partial charge < -0.3 is 0 Å². The molecule has 0 aliphatic rings. The topological polar surface area (TPSA) is 62.7 Å². The van der Waals surface area contributed by atoms with E-state index >= 15 is 0 Å². The van der Waals surface area contributed by atoms with Crippen LogP contribution in [0.1, 0.15) is 0 Å². The van der Waals surface area contributed by atoms with Gasteiger partial charge in [-0.15, -0.1) is 0 Å². The number of hydrogen-bond acceptors (Lipinski definition) is 4. The number of aromatic nitrogens is 4. The SMILES string of the molecule is N#CN(c1cccc(-n2cccn2)c1)c1cccc(-n2cccn2)c1. The standard InChI is InChI=1S/C19H14N6/c20-15-23(16-5-1-7-18(13-16)24-11-3-9-21-24)17-6-2-8-19(14-17)25-12-4-10-22-25/h1-14H. The average Bonchev–Trinajstić information content (AvgIpc) is 3.37. The fraction of sp³-hybridized carbons (Fsp3) is 0. The lowest BCUT2D eigenvalue weighted by molar-refractivity contribution is 0.879. The van der Waals surface area contributed by atoms with E-state index in [9.17, 15) is 5.26 Å². The molecule has 2 heterocycles. The number of anilines is 2. The number of rotatable bonds is 4. The third-order valence-electron chi connectivity index (χ3n) is 3.81. The zero-order valence-corrected chi connectivity index (χ0v) is 13.3. The van der Waals surface area contributed by atoms with E-state index in [2.05, 4.69) is 16.4 Å². The molecule has 0 fully saturated rings. The van der Waals surface area contributed by atoms with E-state index in [4.69, 9.17) is 0 Å². The summed E-state index contributed by atoms with van der Waals surface area (Å²) < 4.78 is 3.53. The van der Waals surface area contributed by atoms with E-state index in [0.717, 1.165) is 22.7 Å². The molecule has 0 aliphatic carbocycles. The smallest absolute Gasteiger partial charge is 0.189 e. The Labute approximate surface area is 144 Å². The van der Waals surface area contributed by atoms with Crippen molar-refractivity contribution >= 4 is 11.4 Å². The van der Waals surface area contributed by atoms with Crippen molar-refractivity contribution in [2.75, 3.05) is 4.90 Å². The minimum Gasteiger partial charge on any atom is -0.248 e. The van der Waals surface area contributed by atoms with E-state index in [1.165, 1.54) is 0 Å². The Morgan fingerprint density at radius 1 is 0.760 bits per heavy atom. The maximum Gasteiger partial charge on any atom is 0.189 e. The number of benzene rings is 2. The van der Waals surface area contributed by atoms with Crippen LogP contribution in [0.4, 0.5) is 11.4 Å². The van der Waals surface area contributed by atoms with E-state index < -0.39 is 0 Å². The molecule has 6 heteroatoms. The lowest BCUT2D eigenvalue weighted by atomic mass is 10.2. The van der Waals surface area contributed by atoms with Crippen LogP contribution in [-0.4, -0.2) is 19.6 Å². The second-order valence-electron chi connectivity index (χ2n) is 5.38. The van der Waals surface area contributed by atoms with Crippen molar-refractivity contribution in [1.82, 2.24) is 19.6 Å². The number of nitrogens with zero attached hydrogens (tertiary/aromatic N) is 6. The molecule has 0 unspecified atom stereocenters. The summed E-state index contributed by atoms with van der Waals surface area (Å²) in [6.45, 7) is 0. The minimum absolute atomic E-state index is 0.771. The molecule has 4 rings (SSSR count). The zero-order valence-electron chi connectivity index (χ0n) is 13.3.